The second-order valence-electron chi connectivity index (χ2n) is 5.83. The zero-order valence-corrected chi connectivity index (χ0v) is 11.8. The molecule has 0 bridgehead atoms. The fourth-order valence-corrected chi connectivity index (χ4v) is 3.87. The van der Waals surface area contributed by atoms with E-state index in [0.29, 0.717) is 18.5 Å². The highest BCUT2D eigenvalue weighted by Gasteiger charge is 2.45. The predicted octanol–water partition coefficient (Wildman–Crippen LogP) is 0.937. The number of nitrogens with one attached hydrogen (secondary N) is 1. The van der Waals surface area contributed by atoms with Gasteiger partial charge in [0.2, 0.25) is 5.91 Å². The van der Waals surface area contributed by atoms with Gasteiger partial charge in [0.15, 0.2) is 0 Å². The van der Waals surface area contributed by atoms with Crippen molar-refractivity contribution in [3.05, 3.63) is 17.7 Å². The van der Waals surface area contributed by atoms with Crippen LogP contribution in [0.1, 0.15) is 17.9 Å². The van der Waals surface area contributed by atoms with Gasteiger partial charge in [-0.3, -0.25) is 4.79 Å². The number of nitrogens with zero attached hydrogens (tertiary/aromatic N) is 2. The molecule has 20 heavy (non-hydrogen) atoms. The van der Waals surface area contributed by atoms with E-state index in [-0.39, 0.29) is 5.91 Å². The van der Waals surface area contributed by atoms with Crippen molar-refractivity contribution in [3.8, 4) is 5.75 Å². The molecule has 1 aromatic carbocycles. The minimum absolute atomic E-state index is 0.163. The molecule has 0 saturated carbocycles. The molecule has 1 aromatic rings. The molecule has 4 rings (SSSR count). The number of likely N-dealkylation sites (N-methyl/N-ethyl adjacent to an activating group) is 1. The number of benzene rings is 1. The van der Waals surface area contributed by atoms with Crippen molar-refractivity contribution < 1.29 is 9.53 Å². The maximum absolute atomic E-state index is 12.3. The third-order valence-corrected chi connectivity index (χ3v) is 4.90. The fourth-order valence-electron chi connectivity index (χ4n) is 3.87. The molecule has 5 heteroatoms. The Morgan fingerprint density at radius 3 is 3.05 bits per heavy atom. The summed E-state index contributed by atoms with van der Waals surface area (Å²) in [6.45, 7) is 2.52. The molecule has 1 saturated heterocycles. The number of hydrogen-bond donors (Lipinski definition) is 1. The van der Waals surface area contributed by atoms with Gasteiger partial charge in [0, 0.05) is 31.6 Å². The Bertz CT molecular complexity index is 587. The average molecular weight is 273 g/mol. The van der Waals surface area contributed by atoms with E-state index < -0.39 is 0 Å². The number of hydrogen-bond acceptors (Lipinski definition) is 4. The van der Waals surface area contributed by atoms with Crippen LogP contribution in [-0.4, -0.2) is 45.7 Å². The molecule has 0 aromatic heterocycles. The van der Waals surface area contributed by atoms with Crippen LogP contribution in [-0.2, 0) is 4.79 Å². The Kier molecular flexibility index (Phi) is 2.48. The van der Waals surface area contributed by atoms with Crippen LogP contribution in [0.5, 0.6) is 5.75 Å². The average Bonchev–Trinajstić information content (AvgIpc) is 2.79. The molecule has 3 heterocycles. The minimum atomic E-state index is 0.163. The third-order valence-electron chi connectivity index (χ3n) is 4.90. The zero-order valence-electron chi connectivity index (χ0n) is 11.8. The van der Waals surface area contributed by atoms with E-state index in [1.807, 2.05) is 13.1 Å². The molecule has 0 spiro atoms. The predicted molar refractivity (Wildman–Crippen MR) is 77.8 cm³/mol. The summed E-state index contributed by atoms with van der Waals surface area (Å²) >= 11 is 0. The van der Waals surface area contributed by atoms with Gasteiger partial charge in [0.05, 0.1) is 25.0 Å². The van der Waals surface area contributed by atoms with Gasteiger partial charge in [0.1, 0.15) is 5.75 Å². The van der Waals surface area contributed by atoms with Crippen molar-refractivity contribution in [1.29, 1.82) is 0 Å². The smallest absolute Gasteiger partial charge is 0.246 e. The van der Waals surface area contributed by atoms with E-state index in [9.17, 15) is 4.79 Å². The van der Waals surface area contributed by atoms with Gasteiger partial charge in [0.25, 0.3) is 0 Å². The second-order valence-corrected chi connectivity index (χ2v) is 5.83. The number of piperidine rings is 1. The SMILES string of the molecule is COc1cc2c3c(c1)N(C)C(=O)CN3C1CCNCC21. The molecule has 2 unspecified atom stereocenters. The van der Waals surface area contributed by atoms with Crippen molar-refractivity contribution in [2.45, 2.75) is 18.4 Å². The summed E-state index contributed by atoms with van der Waals surface area (Å²) in [5.74, 6) is 1.47. The first-order chi connectivity index (χ1) is 9.70. The molecule has 0 aliphatic carbocycles. The number of ether oxygens (including phenoxy) is 1. The quantitative estimate of drug-likeness (QED) is 0.827. The molecule has 2 atom stereocenters. The van der Waals surface area contributed by atoms with E-state index in [0.717, 1.165) is 30.9 Å². The van der Waals surface area contributed by atoms with Gasteiger partial charge >= 0.3 is 0 Å². The van der Waals surface area contributed by atoms with Crippen molar-refractivity contribution >= 4 is 17.3 Å². The van der Waals surface area contributed by atoms with Crippen LogP contribution in [0.3, 0.4) is 0 Å². The number of methoxy groups -OCH3 is 1. The monoisotopic (exact) mass is 273 g/mol. The zero-order chi connectivity index (χ0) is 13.9. The molecule has 5 nitrogen and oxygen atoms in total. The lowest BCUT2D eigenvalue weighted by molar-refractivity contribution is -0.117. The highest BCUT2D eigenvalue weighted by atomic mass is 16.5. The van der Waals surface area contributed by atoms with E-state index in [1.54, 1.807) is 12.0 Å². The van der Waals surface area contributed by atoms with E-state index in [4.69, 9.17) is 4.74 Å². The molecule has 0 radical (unpaired) electrons. The Morgan fingerprint density at radius 1 is 1.40 bits per heavy atom. The third kappa shape index (κ3) is 1.44. The molecular weight excluding hydrogens is 254 g/mol. The number of carbonyl (C=O) groups is 1. The number of rotatable bonds is 1. The van der Waals surface area contributed by atoms with Gasteiger partial charge < -0.3 is 19.9 Å². The van der Waals surface area contributed by atoms with Gasteiger partial charge in [-0.15, -0.1) is 0 Å². The number of fused-ring (bicyclic) bond motifs is 3. The Labute approximate surface area is 118 Å². The van der Waals surface area contributed by atoms with Crippen LogP contribution in [0.25, 0.3) is 0 Å². The summed E-state index contributed by atoms with van der Waals surface area (Å²) in [5, 5.41) is 3.48. The second kappa shape index (κ2) is 4.12. The van der Waals surface area contributed by atoms with E-state index in [2.05, 4.69) is 16.3 Å². The summed E-state index contributed by atoms with van der Waals surface area (Å²) in [6, 6.07) is 4.58. The summed E-state index contributed by atoms with van der Waals surface area (Å²) < 4.78 is 5.43. The van der Waals surface area contributed by atoms with Gasteiger partial charge in [-0.1, -0.05) is 0 Å². The number of amides is 1. The van der Waals surface area contributed by atoms with Crippen LogP contribution in [0.15, 0.2) is 12.1 Å². The van der Waals surface area contributed by atoms with Crippen molar-refractivity contribution in [2.24, 2.45) is 0 Å². The van der Waals surface area contributed by atoms with Crippen LogP contribution < -0.4 is 19.9 Å². The van der Waals surface area contributed by atoms with Crippen LogP contribution in [0, 0.1) is 0 Å². The maximum atomic E-state index is 12.3. The maximum Gasteiger partial charge on any atom is 0.246 e. The first-order valence-electron chi connectivity index (χ1n) is 7.16. The molecule has 3 aliphatic heterocycles. The topological polar surface area (TPSA) is 44.8 Å². The molecule has 106 valence electrons. The van der Waals surface area contributed by atoms with Crippen LogP contribution in [0.4, 0.5) is 11.4 Å². The molecule has 1 N–H and O–H groups in total. The van der Waals surface area contributed by atoms with Gasteiger partial charge in [-0.25, -0.2) is 0 Å². The lowest BCUT2D eigenvalue weighted by atomic mass is 9.90. The highest BCUT2D eigenvalue weighted by molar-refractivity contribution is 6.05. The fraction of sp³-hybridized carbons (Fsp3) is 0.533. The van der Waals surface area contributed by atoms with Crippen molar-refractivity contribution in [3.63, 3.8) is 0 Å². The largest absolute Gasteiger partial charge is 0.497 e. The highest BCUT2D eigenvalue weighted by Crippen LogP contribution is 2.51. The van der Waals surface area contributed by atoms with E-state index in [1.165, 1.54) is 11.3 Å². The Balaban J connectivity index is 1.93. The van der Waals surface area contributed by atoms with Crippen molar-refractivity contribution in [2.75, 3.05) is 43.6 Å². The lowest BCUT2D eigenvalue weighted by Gasteiger charge is -2.38. The van der Waals surface area contributed by atoms with Crippen LogP contribution in [0.2, 0.25) is 0 Å². The number of anilines is 2. The van der Waals surface area contributed by atoms with E-state index >= 15 is 0 Å². The molecular formula is C15H19N3O2. The summed E-state index contributed by atoms with van der Waals surface area (Å²) in [7, 11) is 3.54. The van der Waals surface area contributed by atoms with Crippen LogP contribution >= 0.6 is 0 Å². The molecule has 3 aliphatic rings. The normalized spacial score (nSPS) is 27.4. The molecule has 1 amide bonds. The van der Waals surface area contributed by atoms with Gasteiger partial charge in [-0.05, 0) is 24.6 Å². The summed E-state index contributed by atoms with van der Waals surface area (Å²) in [5.41, 5.74) is 3.56. The standard InChI is InChI=1S/C15H19N3O2/c1-17-13-6-9(20-2)5-10-11-7-16-4-3-12(11)18(15(10)13)8-14(17)19/h5-6,11-12,16H,3-4,7-8H2,1-2H3. The Hall–Kier alpha value is -1.75. The van der Waals surface area contributed by atoms with Crippen molar-refractivity contribution in [1.82, 2.24) is 5.32 Å². The van der Waals surface area contributed by atoms with Gasteiger partial charge in [-0.2, -0.15) is 0 Å². The summed E-state index contributed by atoms with van der Waals surface area (Å²) in [6.07, 6.45) is 1.10. The summed E-state index contributed by atoms with van der Waals surface area (Å²) in [4.78, 5) is 16.3. The lowest BCUT2D eigenvalue weighted by Crippen LogP contribution is -2.50. The minimum Gasteiger partial charge on any atom is -0.497 e. The Morgan fingerprint density at radius 2 is 2.25 bits per heavy atom. The number of carbonyl (C=O) groups excluding carboxylic acids is 1. The first-order valence-corrected chi connectivity index (χ1v) is 7.16. The molecule has 1 fully saturated rings. The first kappa shape index (κ1) is 12.0.